The van der Waals surface area contributed by atoms with Gasteiger partial charge in [0.15, 0.2) is 5.82 Å². The quantitative estimate of drug-likeness (QED) is 0.303. The molecular weight excluding hydrogens is 408 g/mol. The average Bonchev–Trinajstić information content (AvgIpc) is 3.24. The number of rotatable bonds is 7. The Kier molecular flexibility index (Phi) is 6.16. The second kappa shape index (κ2) is 9.34. The number of anilines is 2. The van der Waals surface area contributed by atoms with Crippen LogP contribution in [0.1, 0.15) is 23.2 Å². The predicted molar refractivity (Wildman–Crippen MR) is 123 cm³/mol. The van der Waals surface area contributed by atoms with E-state index >= 15 is 0 Å². The number of pyridine rings is 1. The number of ether oxygens (including phenoxy) is 1. The molecule has 9 heteroatoms. The van der Waals surface area contributed by atoms with Crippen LogP contribution in [0.3, 0.4) is 0 Å². The zero-order valence-electron chi connectivity index (χ0n) is 17.7. The number of nitrogens with one attached hydrogen (secondary N) is 2. The Bertz CT molecular complexity index is 1280. The van der Waals surface area contributed by atoms with Gasteiger partial charge in [-0.2, -0.15) is 0 Å². The van der Waals surface area contributed by atoms with Crippen LogP contribution in [0.5, 0.6) is 0 Å². The summed E-state index contributed by atoms with van der Waals surface area (Å²) in [6.07, 6.45) is 3.38. The number of esters is 1. The first-order valence-electron chi connectivity index (χ1n) is 10.3. The van der Waals surface area contributed by atoms with Gasteiger partial charge >= 0.3 is 12.0 Å². The van der Waals surface area contributed by atoms with Gasteiger partial charge in [0.05, 0.1) is 35.7 Å². The highest BCUT2D eigenvalue weighted by molar-refractivity contribution is 6.06. The number of carbonyl (C=O) groups is 2. The fourth-order valence-electron chi connectivity index (χ4n) is 3.63. The molecule has 0 aliphatic rings. The lowest BCUT2D eigenvalue weighted by Crippen LogP contribution is -2.30. The number of aryl methyl sites for hydroxylation is 1. The smallest absolute Gasteiger partial charge is 0.339 e. The van der Waals surface area contributed by atoms with E-state index in [0.29, 0.717) is 29.1 Å². The number of fused-ring (bicyclic) bond motifs is 3. The number of benzene rings is 2. The van der Waals surface area contributed by atoms with Crippen molar-refractivity contribution >= 4 is 45.4 Å². The normalized spacial score (nSPS) is 10.9. The van der Waals surface area contributed by atoms with Crippen LogP contribution < -0.4 is 16.4 Å². The molecule has 0 atom stereocenters. The third-order valence-corrected chi connectivity index (χ3v) is 5.17. The average molecular weight is 432 g/mol. The topological polar surface area (TPSA) is 124 Å². The number of aromatic nitrogens is 3. The first-order chi connectivity index (χ1) is 15.6. The maximum atomic E-state index is 12.2. The van der Waals surface area contributed by atoms with Crippen molar-refractivity contribution in [3.63, 3.8) is 0 Å². The number of imidazole rings is 1. The maximum Gasteiger partial charge on any atom is 0.339 e. The molecule has 0 radical (unpaired) electrons. The molecule has 0 saturated carbocycles. The number of nitrogen functional groups attached to an aromatic ring is 1. The molecule has 4 N–H and O–H groups in total. The molecule has 4 aromatic rings. The van der Waals surface area contributed by atoms with Gasteiger partial charge < -0.3 is 25.7 Å². The molecule has 2 heterocycles. The molecule has 0 spiro atoms. The van der Waals surface area contributed by atoms with E-state index < -0.39 is 5.97 Å². The van der Waals surface area contributed by atoms with Gasteiger partial charge in [-0.1, -0.05) is 30.3 Å². The standard InChI is InChI=1S/C23H24N6O3/c1-32-22(30)16-9-3-5-11-18(16)28-23(31)25-12-6-7-13-29-14-26-19-20(29)15-8-2-4-10-17(15)27-21(19)24/h2-5,8-11,14H,6-7,12-13H2,1H3,(H2,24,27)(H2,25,28,31). The highest BCUT2D eigenvalue weighted by atomic mass is 16.5. The summed E-state index contributed by atoms with van der Waals surface area (Å²) >= 11 is 0. The summed E-state index contributed by atoms with van der Waals surface area (Å²) in [7, 11) is 1.30. The van der Waals surface area contributed by atoms with Crippen LogP contribution in [0.4, 0.5) is 16.3 Å². The summed E-state index contributed by atoms with van der Waals surface area (Å²) in [5.41, 5.74) is 9.29. The molecule has 0 unspecified atom stereocenters. The minimum atomic E-state index is -0.503. The largest absolute Gasteiger partial charge is 0.465 e. The van der Waals surface area contributed by atoms with Crippen LogP contribution in [0, 0.1) is 0 Å². The van der Waals surface area contributed by atoms with E-state index in [1.54, 1.807) is 30.6 Å². The number of unbranched alkanes of at least 4 members (excludes halogenated alkanes) is 1. The zero-order chi connectivity index (χ0) is 22.5. The zero-order valence-corrected chi connectivity index (χ0v) is 17.7. The molecule has 0 aliphatic carbocycles. The van der Waals surface area contributed by atoms with Crippen molar-refractivity contribution in [1.82, 2.24) is 19.9 Å². The van der Waals surface area contributed by atoms with Crippen LogP contribution in [0.15, 0.2) is 54.9 Å². The highest BCUT2D eigenvalue weighted by Crippen LogP contribution is 2.27. The van der Waals surface area contributed by atoms with Gasteiger partial charge in [-0.15, -0.1) is 0 Å². The summed E-state index contributed by atoms with van der Waals surface area (Å²) in [4.78, 5) is 32.9. The first kappa shape index (κ1) is 21.1. The minimum Gasteiger partial charge on any atom is -0.465 e. The van der Waals surface area contributed by atoms with E-state index in [1.807, 2.05) is 24.3 Å². The third-order valence-electron chi connectivity index (χ3n) is 5.17. The second-order valence-electron chi connectivity index (χ2n) is 7.27. The molecular formula is C23H24N6O3. The molecule has 164 valence electrons. The van der Waals surface area contributed by atoms with E-state index in [4.69, 9.17) is 10.5 Å². The molecule has 2 aromatic heterocycles. The third kappa shape index (κ3) is 4.31. The highest BCUT2D eigenvalue weighted by Gasteiger charge is 2.13. The fraction of sp³-hybridized carbons (Fsp3) is 0.217. The van der Waals surface area contributed by atoms with Gasteiger partial charge in [-0.25, -0.2) is 19.6 Å². The van der Waals surface area contributed by atoms with Crippen LogP contribution in [-0.4, -0.2) is 40.2 Å². The molecule has 2 aromatic carbocycles. The van der Waals surface area contributed by atoms with Crippen LogP contribution in [0.25, 0.3) is 21.9 Å². The van der Waals surface area contributed by atoms with Gasteiger partial charge in [-0.05, 0) is 31.0 Å². The predicted octanol–water partition coefficient (Wildman–Crippen LogP) is 3.56. The summed E-state index contributed by atoms with van der Waals surface area (Å²) in [6.45, 7) is 1.22. The molecule has 4 rings (SSSR count). The minimum absolute atomic E-state index is 0.304. The number of hydrogen-bond acceptors (Lipinski definition) is 6. The Labute approximate surface area is 184 Å². The van der Waals surface area contributed by atoms with E-state index in [9.17, 15) is 9.59 Å². The van der Waals surface area contributed by atoms with Gasteiger partial charge in [0, 0.05) is 18.5 Å². The van der Waals surface area contributed by atoms with Crippen LogP contribution in [-0.2, 0) is 11.3 Å². The summed E-state index contributed by atoms with van der Waals surface area (Å²) < 4.78 is 6.81. The van der Waals surface area contributed by atoms with Gasteiger partial charge in [0.1, 0.15) is 5.52 Å². The molecule has 0 bridgehead atoms. The van der Waals surface area contributed by atoms with E-state index in [2.05, 4.69) is 25.2 Å². The van der Waals surface area contributed by atoms with Crippen molar-refractivity contribution in [3.8, 4) is 0 Å². The molecule has 0 fully saturated rings. The number of carbonyl (C=O) groups excluding carboxylic acids is 2. The van der Waals surface area contributed by atoms with Gasteiger partial charge in [-0.3, -0.25) is 0 Å². The van der Waals surface area contributed by atoms with Crippen LogP contribution >= 0.6 is 0 Å². The number of hydrogen-bond donors (Lipinski definition) is 3. The number of nitrogens with zero attached hydrogens (tertiary/aromatic N) is 3. The Morgan fingerprint density at radius 2 is 1.88 bits per heavy atom. The monoisotopic (exact) mass is 432 g/mol. The van der Waals surface area contributed by atoms with E-state index in [-0.39, 0.29) is 6.03 Å². The lowest BCUT2D eigenvalue weighted by molar-refractivity contribution is 0.0602. The maximum absolute atomic E-state index is 12.2. The summed E-state index contributed by atoms with van der Waals surface area (Å²) in [5.74, 6) is -0.0835. The summed E-state index contributed by atoms with van der Waals surface area (Å²) in [5, 5.41) is 6.52. The van der Waals surface area contributed by atoms with Gasteiger partial charge in [0.25, 0.3) is 0 Å². The summed E-state index contributed by atoms with van der Waals surface area (Å²) in [6, 6.07) is 14.2. The lowest BCUT2D eigenvalue weighted by atomic mass is 10.2. The molecule has 2 amide bonds. The Hall–Kier alpha value is -4.14. The molecule has 0 aliphatic heterocycles. The number of nitrogens with two attached hydrogens (primary N) is 1. The second-order valence-corrected chi connectivity index (χ2v) is 7.27. The van der Waals surface area contributed by atoms with E-state index in [1.165, 1.54) is 7.11 Å². The van der Waals surface area contributed by atoms with Crippen molar-refractivity contribution in [2.24, 2.45) is 0 Å². The fourth-order valence-corrected chi connectivity index (χ4v) is 3.63. The first-order valence-corrected chi connectivity index (χ1v) is 10.3. The Morgan fingerprint density at radius 1 is 1.09 bits per heavy atom. The lowest BCUT2D eigenvalue weighted by Gasteiger charge is -2.11. The molecule has 32 heavy (non-hydrogen) atoms. The van der Waals surface area contributed by atoms with Crippen molar-refractivity contribution in [2.75, 3.05) is 24.7 Å². The Balaban J connectivity index is 1.33. The van der Waals surface area contributed by atoms with Gasteiger partial charge in [0.2, 0.25) is 0 Å². The van der Waals surface area contributed by atoms with Crippen molar-refractivity contribution in [2.45, 2.75) is 19.4 Å². The number of para-hydroxylation sites is 2. The van der Waals surface area contributed by atoms with E-state index in [0.717, 1.165) is 35.8 Å². The number of methoxy groups -OCH3 is 1. The molecule has 9 nitrogen and oxygen atoms in total. The van der Waals surface area contributed by atoms with Crippen LogP contribution in [0.2, 0.25) is 0 Å². The molecule has 0 saturated heterocycles. The van der Waals surface area contributed by atoms with Crippen molar-refractivity contribution < 1.29 is 14.3 Å². The van der Waals surface area contributed by atoms with Crippen molar-refractivity contribution in [1.29, 1.82) is 0 Å². The number of amides is 2. The van der Waals surface area contributed by atoms with Crippen molar-refractivity contribution in [3.05, 3.63) is 60.4 Å². The number of urea groups is 1. The SMILES string of the molecule is COC(=O)c1ccccc1NC(=O)NCCCCn1cnc2c(N)nc3ccccc3c21. The Morgan fingerprint density at radius 3 is 2.72 bits per heavy atom.